The first-order chi connectivity index (χ1) is 5.79. The minimum atomic E-state index is -0.217. The number of aromatic amines is 1. The van der Waals surface area contributed by atoms with E-state index < -0.39 is 0 Å². The molecule has 0 fully saturated rings. The van der Waals surface area contributed by atoms with Crippen LogP contribution < -0.4 is 5.56 Å². The number of H-pyrrole nitrogens is 1. The van der Waals surface area contributed by atoms with Crippen LogP contribution in [0, 0.1) is 0 Å². The van der Waals surface area contributed by atoms with Gasteiger partial charge in [-0.1, -0.05) is 0 Å². The highest BCUT2D eigenvalue weighted by Gasteiger charge is 2.01. The first kappa shape index (κ1) is 9.73. The Hall–Kier alpha value is -1.36. The van der Waals surface area contributed by atoms with Crippen molar-refractivity contribution < 1.29 is 5.11 Å². The van der Waals surface area contributed by atoms with Crippen molar-refractivity contribution in [2.24, 2.45) is 0 Å². The first-order valence-corrected chi connectivity index (χ1v) is 3.43. The highest BCUT2D eigenvalue weighted by molar-refractivity contribution is 8.93. The van der Waals surface area contributed by atoms with Crippen molar-refractivity contribution >= 4 is 27.8 Å². The van der Waals surface area contributed by atoms with Crippen LogP contribution in [-0.2, 0) is 0 Å². The number of nitrogens with zero attached hydrogens (tertiary/aromatic N) is 1. The maximum Gasteiger partial charge on any atom is 0.256 e. The molecule has 13 heavy (non-hydrogen) atoms. The molecule has 0 amide bonds. The average Bonchev–Trinajstić information content (AvgIpc) is 2.12. The van der Waals surface area contributed by atoms with Crippen LogP contribution in [0.15, 0.2) is 29.5 Å². The summed E-state index contributed by atoms with van der Waals surface area (Å²) in [7, 11) is 0. The second-order valence-corrected chi connectivity index (χ2v) is 2.42. The molecule has 5 heteroatoms. The van der Waals surface area contributed by atoms with E-state index in [9.17, 15) is 9.90 Å². The predicted octanol–water partition coefficient (Wildman–Crippen LogP) is 1.21. The average molecular weight is 243 g/mol. The number of nitrogens with one attached hydrogen (secondary N) is 1. The molecule has 4 nitrogen and oxygen atoms in total. The fourth-order valence-corrected chi connectivity index (χ4v) is 1.09. The summed E-state index contributed by atoms with van der Waals surface area (Å²) in [6.45, 7) is 0. The Morgan fingerprint density at radius 2 is 2.15 bits per heavy atom. The second-order valence-electron chi connectivity index (χ2n) is 2.42. The molecular formula is C8H7BrN2O2. The number of halogens is 1. The third-order valence-corrected chi connectivity index (χ3v) is 1.68. The van der Waals surface area contributed by atoms with Gasteiger partial charge < -0.3 is 10.1 Å². The lowest BCUT2D eigenvalue weighted by atomic mass is 10.2. The minimum Gasteiger partial charge on any atom is -0.506 e. The van der Waals surface area contributed by atoms with Crippen molar-refractivity contribution in [1.82, 2.24) is 9.97 Å². The van der Waals surface area contributed by atoms with Gasteiger partial charge in [0, 0.05) is 24.0 Å². The number of fused-ring (bicyclic) bond motifs is 1. The molecule has 2 aromatic rings. The Morgan fingerprint density at radius 1 is 1.38 bits per heavy atom. The number of aromatic hydroxyl groups is 1. The number of hydrogen-bond acceptors (Lipinski definition) is 3. The fourth-order valence-electron chi connectivity index (χ4n) is 1.09. The molecule has 0 atom stereocenters. The smallest absolute Gasteiger partial charge is 0.256 e. The van der Waals surface area contributed by atoms with Crippen molar-refractivity contribution in [2.75, 3.05) is 0 Å². The highest BCUT2D eigenvalue weighted by atomic mass is 79.9. The molecule has 0 radical (unpaired) electrons. The molecule has 2 heterocycles. The van der Waals surface area contributed by atoms with E-state index in [-0.39, 0.29) is 28.3 Å². The van der Waals surface area contributed by atoms with E-state index in [0.717, 1.165) is 0 Å². The Kier molecular flexibility index (Phi) is 2.67. The normalized spacial score (nSPS) is 9.54. The molecule has 0 bridgehead atoms. The zero-order valence-electron chi connectivity index (χ0n) is 6.52. The minimum absolute atomic E-state index is 0. The van der Waals surface area contributed by atoms with E-state index in [4.69, 9.17) is 0 Å². The molecule has 0 aliphatic heterocycles. The van der Waals surface area contributed by atoms with Gasteiger partial charge in [0.15, 0.2) is 0 Å². The summed E-state index contributed by atoms with van der Waals surface area (Å²) in [5, 5.41) is 10.2. The molecule has 0 saturated carbocycles. The van der Waals surface area contributed by atoms with Crippen molar-refractivity contribution in [3.05, 3.63) is 35.0 Å². The van der Waals surface area contributed by atoms with Crippen LogP contribution in [0.4, 0.5) is 0 Å². The lowest BCUT2D eigenvalue weighted by molar-refractivity contribution is 0.479. The van der Waals surface area contributed by atoms with Gasteiger partial charge in [0.05, 0.1) is 5.39 Å². The lowest BCUT2D eigenvalue weighted by Crippen LogP contribution is -2.04. The second kappa shape index (κ2) is 3.57. The SMILES string of the molecule is Br.O=c1[nH]cc(O)c2cnccc12. The number of pyridine rings is 2. The number of rotatable bonds is 0. The summed E-state index contributed by atoms with van der Waals surface area (Å²) in [5.74, 6) is 0.0395. The third kappa shape index (κ3) is 1.55. The van der Waals surface area contributed by atoms with E-state index in [1.54, 1.807) is 6.07 Å². The van der Waals surface area contributed by atoms with Crippen LogP contribution in [0.1, 0.15) is 0 Å². The molecule has 0 aliphatic rings. The van der Waals surface area contributed by atoms with Gasteiger partial charge in [-0.2, -0.15) is 0 Å². The molecule has 0 unspecified atom stereocenters. The molecule has 2 N–H and O–H groups in total. The summed E-state index contributed by atoms with van der Waals surface area (Å²) in [4.78, 5) is 17.3. The lowest BCUT2D eigenvalue weighted by Gasteiger charge is -1.96. The van der Waals surface area contributed by atoms with Crippen molar-refractivity contribution in [3.8, 4) is 5.75 Å². The Bertz CT molecular complexity index is 481. The van der Waals surface area contributed by atoms with E-state index in [1.165, 1.54) is 18.6 Å². The van der Waals surface area contributed by atoms with Crippen LogP contribution in [0.3, 0.4) is 0 Å². The number of aromatic nitrogens is 2. The van der Waals surface area contributed by atoms with Crippen molar-refractivity contribution in [2.45, 2.75) is 0 Å². The summed E-state index contributed by atoms with van der Waals surface area (Å²) in [5.41, 5.74) is -0.217. The van der Waals surface area contributed by atoms with Crippen LogP contribution in [0.5, 0.6) is 5.75 Å². The maximum atomic E-state index is 11.1. The van der Waals surface area contributed by atoms with Crippen molar-refractivity contribution in [3.63, 3.8) is 0 Å². The van der Waals surface area contributed by atoms with Crippen LogP contribution in [0.25, 0.3) is 10.8 Å². The van der Waals surface area contributed by atoms with Gasteiger partial charge in [-0.05, 0) is 6.07 Å². The molecule has 2 aromatic heterocycles. The Balaban J connectivity index is 0.000000845. The van der Waals surface area contributed by atoms with Crippen LogP contribution in [-0.4, -0.2) is 15.1 Å². The maximum absolute atomic E-state index is 11.1. The van der Waals surface area contributed by atoms with Crippen LogP contribution >= 0.6 is 17.0 Å². The largest absolute Gasteiger partial charge is 0.506 e. The van der Waals surface area contributed by atoms with Gasteiger partial charge in [0.25, 0.3) is 5.56 Å². The standard InChI is InChI=1S/C8H6N2O2.BrH/c11-7-4-10-8(12)5-1-2-9-3-6(5)7;/h1-4,11H,(H,10,12);1H. The van der Waals surface area contributed by atoms with E-state index in [2.05, 4.69) is 9.97 Å². The third-order valence-electron chi connectivity index (χ3n) is 1.68. The quantitative estimate of drug-likeness (QED) is 0.730. The topological polar surface area (TPSA) is 66.0 Å². The monoisotopic (exact) mass is 242 g/mol. The Labute approximate surface area is 84.0 Å². The van der Waals surface area contributed by atoms with Crippen molar-refractivity contribution in [1.29, 1.82) is 0 Å². The fraction of sp³-hybridized carbons (Fsp3) is 0. The zero-order valence-corrected chi connectivity index (χ0v) is 8.23. The van der Waals surface area contributed by atoms with E-state index in [1.807, 2.05) is 0 Å². The molecule has 0 aliphatic carbocycles. The molecule has 0 saturated heterocycles. The predicted molar refractivity (Wildman–Crippen MR) is 54.4 cm³/mol. The molecule has 0 spiro atoms. The number of hydrogen-bond donors (Lipinski definition) is 2. The summed E-state index contributed by atoms with van der Waals surface area (Å²) in [6.07, 6.45) is 4.23. The van der Waals surface area contributed by atoms with Gasteiger partial charge in [-0.25, -0.2) is 0 Å². The summed E-state index contributed by atoms with van der Waals surface area (Å²) >= 11 is 0. The highest BCUT2D eigenvalue weighted by Crippen LogP contribution is 2.17. The van der Waals surface area contributed by atoms with Gasteiger partial charge in [0.1, 0.15) is 5.75 Å². The Morgan fingerprint density at radius 3 is 2.85 bits per heavy atom. The zero-order chi connectivity index (χ0) is 8.55. The molecule has 68 valence electrons. The van der Waals surface area contributed by atoms with Crippen LogP contribution in [0.2, 0.25) is 0 Å². The summed E-state index contributed by atoms with van der Waals surface area (Å²) in [6, 6.07) is 1.56. The molecular weight excluding hydrogens is 236 g/mol. The molecule has 0 aromatic carbocycles. The van der Waals surface area contributed by atoms with Gasteiger partial charge in [-0.3, -0.25) is 9.78 Å². The molecule has 2 rings (SSSR count). The first-order valence-electron chi connectivity index (χ1n) is 3.43. The van der Waals surface area contributed by atoms with E-state index in [0.29, 0.717) is 10.8 Å². The van der Waals surface area contributed by atoms with Gasteiger partial charge >= 0.3 is 0 Å². The van der Waals surface area contributed by atoms with Gasteiger partial charge in [0.2, 0.25) is 0 Å². The van der Waals surface area contributed by atoms with E-state index >= 15 is 0 Å². The summed E-state index contributed by atoms with van der Waals surface area (Å²) < 4.78 is 0. The van der Waals surface area contributed by atoms with Gasteiger partial charge in [-0.15, -0.1) is 17.0 Å².